The van der Waals surface area contributed by atoms with Gasteiger partial charge in [-0.1, -0.05) is 0 Å². The first-order valence-corrected chi connectivity index (χ1v) is 6.98. The molecule has 1 saturated heterocycles. The number of rotatable bonds is 5. The topological polar surface area (TPSA) is 93.2 Å². The third-order valence-corrected chi connectivity index (χ3v) is 3.34. The van der Waals surface area contributed by atoms with Crippen molar-refractivity contribution in [2.24, 2.45) is 0 Å². The van der Waals surface area contributed by atoms with E-state index in [4.69, 9.17) is 5.73 Å². The molecule has 1 fully saturated rings. The van der Waals surface area contributed by atoms with Gasteiger partial charge in [0.25, 0.3) is 0 Å². The summed E-state index contributed by atoms with van der Waals surface area (Å²) in [5.41, 5.74) is 5.46. The Balaban J connectivity index is 1.64. The van der Waals surface area contributed by atoms with Gasteiger partial charge < -0.3 is 16.0 Å². The Bertz CT molecular complexity index is 465. The minimum absolute atomic E-state index is 0.119. The summed E-state index contributed by atoms with van der Waals surface area (Å²) in [4.78, 5) is 25.4. The van der Waals surface area contributed by atoms with Crippen LogP contribution < -0.4 is 11.1 Å². The molecule has 0 bridgehead atoms. The van der Waals surface area contributed by atoms with Crippen LogP contribution in [-0.4, -0.2) is 46.1 Å². The molecule has 0 aromatic carbocycles. The number of nitrogens with two attached hydrogens (primary N) is 1. The van der Waals surface area contributed by atoms with Crippen molar-refractivity contribution in [2.75, 3.05) is 25.4 Å². The van der Waals surface area contributed by atoms with E-state index in [1.54, 1.807) is 12.3 Å². The summed E-state index contributed by atoms with van der Waals surface area (Å²) in [5.74, 6) is 0.339. The number of aromatic nitrogens is 2. The van der Waals surface area contributed by atoms with Crippen molar-refractivity contribution in [1.29, 1.82) is 0 Å². The summed E-state index contributed by atoms with van der Waals surface area (Å²) < 4.78 is 1.47. The summed E-state index contributed by atoms with van der Waals surface area (Å²) in [6.07, 6.45) is 5.37. The number of nitrogens with zero attached hydrogens (tertiary/aromatic N) is 3. The van der Waals surface area contributed by atoms with Crippen LogP contribution >= 0.6 is 0 Å². The van der Waals surface area contributed by atoms with Gasteiger partial charge in [-0.25, -0.2) is 0 Å². The molecule has 1 aromatic heterocycles. The Morgan fingerprint density at radius 1 is 1.30 bits per heavy atom. The van der Waals surface area contributed by atoms with Gasteiger partial charge in [-0.3, -0.25) is 14.3 Å². The first kappa shape index (κ1) is 14.4. The van der Waals surface area contributed by atoms with E-state index in [0.29, 0.717) is 18.8 Å². The fraction of sp³-hybridized carbons (Fsp3) is 0.615. The SMILES string of the molecule is Nc1ccn(CC(=O)NCCC(=O)N2CCCCC2)n1. The van der Waals surface area contributed by atoms with Gasteiger partial charge in [0, 0.05) is 32.3 Å². The third-order valence-electron chi connectivity index (χ3n) is 3.34. The van der Waals surface area contributed by atoms with E-state index in [1.165, 1.54) is 11.1 Å². The quantitative estimate of drug-likeness (QED) is 0.792. The Labute approximate surface area is 118 Å². The number of carbonyl (C=O) groups excluding carboxylic acids is 2. The average molecular weight is 279 g/mol. The first-order valence-electron chi connectivity index (χ1n) is 6.98. The van der Waals surface area contributed by atoms with E-state index in [2.05, 4.69) is 10.4 Å². The Morgan fingerprint density at radius 2 is 2.05 bits per heavy atom. The zero-order chi connectivity index (χ0) is 14.4. The van der Waals surface area contributed by atoms with Crippen molar-refractivity contribution in [3.05, 3.63) is 12.3 Å². The van der Waals surface area contributed by atoms with Gasteiger partial charge in [0.2, 0.25) is 11.8 Å². The van der Waals surface area contributed by atoms with Gasteiger partial charge in [0.05, 0.1) is 0 Å². The van der Waals surface area contributed by atoms with Crippen LogP contribution in [0.4, 0.5) is 5.82 Å². The predicted octanol–water partition coefficient (Wildman–Crippen LogP) is -0.0159. The summed E-state index contributed by atoms with van der Waals surface area (Å²) in [7, 11) is 0. The van der Waals surface area contributed by atoms with Crippen LogP contribution in [0.5, 0.6) is 0 Å². The van der Waals surface area contributed by atoms with Crippen LogP contribution in [0.1, 0.15) is 25.7 Å². The van der Waals surface area contributed by atoms with E-state index in [1.807, 2.05) is 4.90 Å². The van der Waals surface area contributed by atoms with Gasteiger partial charge in [-0.05, 0) is 25.3 Å². The number of hydrogen-bond acceptors (Lipinski definition) is 4. The first-order chi connectivity index (χ1) is 9.65. The highest BCUT2D eigenvalue weighted by atomic mass is 16.2. The number of nitrogen functional groups attached to an aromatic ring is 1. The number of carbonyl (C=O) groups is 2. The molecule has 7 nitrogen and oxygen atoms in total. The van der Waals surface area contributed by atoms with Crippen molar-refractivity contribution in [2.45, 2.75) is 32.2 Å². The number of piperidine rings is 1. The van der Waals surface area contributed by atoms with E-state index < -0.39 is 0 Å². The molecule has 1 aliphatic heterocycles. The highest BCUT2D eigenvalue weighted by molar-refractivity contribution is 5.79. The van der Waals surface area contributed by atoms with Gasteiger partial charge >= 0.3 is 0 Å². The van der Waals surface area contributed by atoms with Gasteiger partial charge in [-0.15, -0.1) is 0 Å². The molecule has 1 aliphatic rings. The fourth-order valence-electron chi connectivity index (χ4n) is 2.28. The lowest BCUT2D eigenvalue weighted by atomic mass is 10.1. The van der Waals surface area contributed by atoms with E-state index >= 15 is 0 Å². The van der Waals surface area contributed by atoms with Crippen molar-refractivity contribution in [1.82, 2.24) is 20.0 Å². The number of nitrogens with one attached hydrogen (secondary N) is 1. The normalized spacial score (nSPS) is 15.1. The lowest BCUT2D eigenvalue weighted by Gasteiger charge is -2.26. The Hall–Kier alpha value is -2.05. The van der Waals surface area contributed by atoms with Crippen LogP contribution in [-0.2, 0) is 16.1 Å². The molecule has 0 atom stereocenters. The number of anilines is 1. The number of amides is 2. The second-order valence-electron chi connectivity index (χ2n) is 4.98. The molecular formula is C13H21N5O2. The Morgan fingerprint density at radius 3 is 2.70 bits per heavy atom. The average Bonchev–Trinajstić information content (AvgIpc) is 2.85. The maximum atomic E-state index is 11.9. The molecule has 2 heterocycles. The molecular weight excluding hydrogens is 258 g/mol. The Kier molecular flexibility index (Phi) is 4.97. The van der Waals surface area contributed by atoms with Crippen LogP contribution in [0, 0.1) is 0 Å². The van der Waals surface area contributed by atoms with Crippen molar-refractivity contribution in [3.8, 4) is 0 Å². The van der Waals surface area contributed by atoms with Crippen LogP contribution in [0.15, 0.2) is 12.3 Å². The molecule has 3 N–H and O–H groups in total. The highest BCUT2D eigenvalue weighted by Gasteiger charge is 2.16. The van der Waals surface area contributed by atoms with Gasteiger partial charge in [0.15, 0.2) is 0 Å². The van der Waals surface area contributed by atoms with Crippen LogP contribution in [0.3, 0.4) is 0 Å². The summed E-state index contributed by atoms with van der Waals surface area (Å²) in [6, 6.07) is 1.63. The zero-order valence-electron chi connectivity index (χ0n) is 11.5. The lowest BCUT2D eigenvalue weighted by molar-refractivity contribution is -0.132. The van der Waals surface area contributed by atoms with E-state index in [0.717, 1.165) is 25.9 Å². The molecule has 7 heteroatoms. The number of hydrogen-bond donors (Lipinski definition) is 2. The van der Waals surface area contributed by atoms with E-state index in [9.17, 15) is 9.59 Å². The summed E-state index contributed by atoms with van der Waals surface area (Å²) in [6.45, 7) is 2.18. The van der Waals surface area contributed by atoms with Crippen molar-refractivity contribution in [3.63, 3.8) is 0 Å². The van der Waals surface area contributed by atoms with Gasteiger partial charge in [0.1, 0.15) is 12.4 Å². The number of likely N-dealkylation sites (tertiary alicyclic amines) is 1. The molecule has 110 valence electrons. The minimum Gasteiger partial charge on any atom is -0.382 e. The minimum atomic E-state index is -0.167. The van der Waals surface area contributed by atoms with Crippen LogP contribution in [0.25, 0.3) is 0 Å². The molecule has 0 spiro atoms. The molecule has 0 aliphatic carbocycles. The molecule has 20 heavy (non-hydrogen) atoms. The van der Waals surface area contributed by atoms with Crippen molar-refractivity contribution >= 4 is 17.6 Å². The molecule has 1 aromatic rings. The van der Waals surface area contributed by atoms with Crippen molar-refractivity contribution < 1.29 is 9.59 Å². The lowest BCUT2D eigenvalue weighted by Crippen LogP contribution is -2.38. The van der Waals surface area contributed by atoms with Gasteiger partial charge in [-0.2, -0.15) is 5.10 Å². The molecule has 2 rings (SSSR count). The third kappa shape index (κ3) is 4.25. The van der Waals surface area contributed by atoms with E-state index in [-0.39, 0.29) is 18.4 Å². The summed E-state index contributed by atoms with van der Waals surface area (Å²) in [5, 5.41) is 6.65. The fourth-order valence-corrected chi connectivity index (χ4v) is 2.28. The standard InChI is InChI=1S/C13H21N5O2/c14-11-5-9-18(16-11)10-12(19)15-6-4-13(20)17-7-2-1-3-8-17/h5,9H,1-4,6-8,10H2,(H2,14,16)(H,15,19). The maximum absolute atomic E-state index is 11.9. The largest absolute Gasteiger partial charge is 0.382 e. The highest BCUT2D eigenvalue weighted by Crippen LogP contribution is 2.09. The van der Waals surface area contributed by atoms with Crippen LogP contribution in [0.2, 0.25) is 0 Å². The predicted molar refractivity (Wildman–Crippen MR) is 74.7 cm³/mol. The molecule has 0 radical (unpaired) electrons. The smallest absolute Gasteiger partial charge is 0.241 e. The zero-order valence-corrected chi connectivity index (χ0v) is 11.5. The second-order valence-corrected chi connectivity index (χ2v) is 4.98. The molecule has 0 saturated carbocycles. The maximum Gasteiger partial charge on any atom is 0.241 e. The second kappa shape index (κ2) is 6.93. The molecule has 2 amide bonds. The summed E-state index contributed by atoms with van der Waals surface area (Å²) >= 11 is 0. The monoisotopic (exact) mass is 279 g/mol. The molecule has 0 unspecified atom stereocenters.